The molecule has 0 aliphatic rings. The number of hydrogen-bond acceptors (Lipinski definition) is 3. The molecule has 2 heterocycles. The summed E-state index contributed by atoms with van der Waals surface area (Å²) in [6.45, 7) is 0. The number of nitrogens with two attached hydrogens (primary N) is 1. The van der Waals surface area contributed by atoms with Crippen molar-refractivity contribution in [2.75, 3.05) is 0 Å². The molecule has 0 spiro atoms. The zero-order valence-electron chi connectivity index (χ0n) is 6.74. The molecule has 0 unspecified atom stereocenters. The molecule has 2 N–H and O–H groups in total. The van der Waals surface area contributed by atoms with Gasteiger partial charge in [0.1, 0.15) is 0 Å². The van der Waals surface area contributed by atoms with Gasteiger partial charge in [-0.25, -0.2) is 0 Å². The van der Waals surface area contributed by atoms with Crippen molar-refractivity contribution in [3.63, 3.8) is 0 Å². The smallest absolute Gasteiger partial charge is 0.0751 e. The lowest BCUT2D eigenvalue weighted by Crippen LogP contribution is -2.08. The lowest BCUT2D eigenvalue weighted by molar-refractivity contribution is 0.912. The van der Waals surface area contributed by atoms with Crippen LogP contribution in [-0.4, -0.2) is 0 Å². The van der Waals surface area contributed by atoms with Gasteiger partial charge in [0.15, 0.2) is 0 Å². The number of hydrogen-bond donors (Lipinski definition) is 1. The van der Waals surface area contributed by atoms with Crippen molar-refractivity contribution in [3.05, 3.63) is 43.2 Å². The van der Waals surface area contributed by atoms with Gasteiger partial charge in [-0.05, 0) is 38.8 Å². The normalized spacial score (nSPS) is 13.1. The van der Waals surface area contributed by atoms with Gasteiger partial charge >= 0.3 is 0 Å². The van der Waals surface area contributed by atoms with Crippen LogP contribution in [0.15, 0.2) is 33.4 Å². The molecule has 2 rings (SSSR count). The molecule has 0 radical (unpaired) electrons. The molecular weight excluding hydrogens is 266 g/mol. The highest BCUT2D eigenvalue weighted by Crippen LogP contribution is 2.33. The second-order valence-electron chi connectivity index (χ2n) is 2.63. The van der Waals surface area contributed by atoms with E-state index in [2.05, 4.69) is 27.4 Å². The summed E-state index contributed by atoms with van der Waals surface area (Å²) in [6, 6.07) is 6.16. The van der Waals surface area contributed by atoms with Crippen LogP contribution in [0.2, 0.25) is 0 Å². The van der Waals surface area contributed by atoms with Crippen LogP contribution in [0.25, 0.3) is 0 Å². The van der Waals surface area contributed by atoms with E-state index in [1.807, 2.05) is 17.5 Å². The van der Waals surface area contributed by atoms with Crippen LogP contribution in [-0.2, 0) is 0 Å². The second kappa shape index (κ2) is 3.92. The SMILES string of the molecule is N[C@H](c1cccs1)c1sccc1Br. The van der Waals surface area contributed by atoms with E-state index in [9.17, 15) is 0 Å². The molecule has 2 aromatic rings. The summed E-state index contributed by atoms with van der Waals surface area (Å²) in [5.41, 5.74) is 6.10. The van der Waals surface area contributed by atoms with Gasteiger partial charge in [-0.15, -0.1) is 22.7 Å². The number of thiophene rings is 2. The Morgan fingerprint density at radius 1 is 1.23 bits per heavy atom. The summed E-state index contributed by atoms with van der Waals surface area (Å²) in [6.07, 6.45) is 0. The molecule has 2 aromatic heterocycles. The Morgan fingerprint density at radius 2 is 2.08 bits per heavy atom. The molecule has 13 heavy (non-hydrogen) atoms. The molecule has 1 nitrogen and oxygen atoms in total. The van der Waals surface area contributed by atoms with Gasteiger partial charge in [0.05, 0.1) is 6.04 Å². The maximum Gasteiger partial charge on any atom is 0.0751 e. The monoisotopic (exact) mass is 273 g/mol. The largest absolute Gasteiger partial charge is 0.319 e. The van der Waals surface area contributed by atoms with Crippen LogP contribution in [0.3, 0.4) is 0 Å². The minimum absolute atomic E-state index is 0.0226. The average Bonchev–Trinajstić information content (AvgIpc) is 2.72. The van der Waals surface area contributed by atoms with E-state index in [-0.39, 0.29) is 6.04 Å². The summed E-state index contributed by atoms with van der Waals surface area (Å²) in [5.74, 6) is 0. The molecule has 0 aromatic carbocycles. The van der Waals surface area contributed by atoms with Gasteiger partial charge < -0.3 is 5.73 Å². The lowest BCUT2D eigenvalue weighted by atomic mass is 10.2. The molecule has 0 saturated heterocycles. The maximum absolute atomic E-state index is 6.10. The summed E-state index contributed by atoms with van der Waals surface area (Å²) < 4.78 is 1.11. The van der Waals surface area contributed by atoms with Gasteiger partial charge in [0, 0.05) is 14.2 Å². The average molecular weight is 274 g/mol. The van der Waals surface area contributed by atoms with Crippen LogP contribution in [0.1, 0.15) is 15.8 Å². The number of halogens is 1. The van der Waals surface area contributed by atoms with Crippen LogP contribution in [0.4, 0.5) is 0 Å². The minimum Gasteiger partial charge on any atom is -0.319 e. The van der Waals surface area contributed by atoms with Crippen molar-refractivity contribution in [2.24, 2.45) is 5.73 Å². The Labute approximate surface area is 93.3 Å². The van der Waals surface area contributed by atoms with Gasteiger partial charge in [0.25, 0.3) is 0 Å². The molecule has 0 aliphatic heterocycles. The van der Waals surface area contributed by atoms with Crippen molar-refractivity contribution in [2.45, 2.75) is 6.04 Å². The Hall–Kier alpha value is -0.160. The van der Waals surface area contributed by atoms with Crippen LogP contribution >= 0.6 is 38.6 Å². The minimum atomic E-state index is 0.0226. The Morgan fingerprint density at radius 3 is 2.62 bits per heavy atom. The van der Waals surface area contributed by atoms with Gasteiger partial charge in [0.2, 0.25) is 0 Å². The predicted molar refractivity (Wildman–Crippen MR) is 62.4 cm³/mol. The molecule has 68 valence electrons. The molecule has 0 saturated carbocycles. The first-order valence-electron chi connectivity index (χ1n) is 3.81. The van der Waals surface area contributed by atoms with E-state index in [0.717, 1.165) is 4.47 Å². The first-order valence-corrected chi connectivity index (χ1v) is 6.36. The molecule has 1 atom stereocenters. The predicted octanol–water partition coefficient (Wildman–Crippen LogP) is 3.62. The van der Waals surface area contributed by atoms with Crippen molar-refractivity contribution < 1.29 is 0 Å². The maximum atomic E-state index is 6.10. The van der Waals surface area contributed by atoms with Crippen molar-refractivity contribution >= 4 is 38.6 Å². The van der Waals surface area contributed by atoms with Crippen molar-refractivity contribution in [1.29, 1.82) is 0 Å². The van der Waals surface area contributed by atoms with E-state index < -0.39 is 0 Å². The molecular formula is C9H8BrNS2. The van der Waals surface area contributed by atoms with Crippen LogP contribution < -0.4 is 5.73 Å². The Balaban J connectivity index is 2.33. The quantitative estimate of drug-likeness (QED) is 0.889. The third kappa shape index (κ3) is 1.86. The fourth-order valence-corrected chi connectivity index (χ4v) is 3.57. The van der Waals surface area contributed by atoms with Gasteiger partial charge in [-0.2, -0.15) is 0 Å². The van der Waals surface area contributed by atoms with Crippen LogP contribution in [0.5, 0.6) is 0 Å². The van der Waals surface area contributed by atoms with E-state index >= 15 is 0 Å². The van der Waals surface area contributed by atoms with E-state index in [0.29, 0.717) is 0 Å². The van der Waals surface area contributed by atoms with Crippen molar-refractivity contribution in [3.8, 4) is 0 Å². The van der Waals surface area contributed by atoms with E-state index in [4.69, 9.17) is 5.73 Å². The standard InChI is InChI=1S/C9H8BrNS2/c10-6-3-5-13-9(6)8(11)7-2-1-4-12-7/h1-5,8H,11H2/t8-/m1/s1. The molecule has 0 bridgehead atoms. The first-order chi connectivity index (χ1) is 6.29. The Kier molecular flexibility index (Phi) is 2.83. The summed E-state index contributed by atoms with van der Waals surface area (Å²) in [4.78, 5) is 2.41. The zero-order valence-corrected chi connectivity index (χ0v) is 9.95. The fraction of sp³-hybridized carbons (Fsp3) is 0.111. The summed E-state index contributed by atoms with van der Waals surface area (Å²) in [5, 5.41) is 4.10. The van der Waals surface area contributed by atoms with Gasteiger partial charge in [-0.1, -0.05) is 6.07 Å². The molecule has 4 heteroatoms. The third-order valence-electron chi connectivity index (χ3n) is 1.78. The van der Waals surface area contributed by atoms with Gasteiger partial charge in [-0.3, -0.25) is 0 Å². The number of rotatable bonds is 2. The summed E-state index contributed by atoms with van der Waals surface area (Å²) >= 11 is 6.88. The van der Waals surface area contributed by atoms with Crippen molar-refractivity contribution in [1.82, 2.24) is 0 Å². The fourth-order valence-electron chi connectivity index (χ4n) is 1.12. The lowest BCUT2D eigenvalue weighted by Gasteiger charge is -2.07. The highest BCUT2D eigenvalue weighted by Gasteiger charge is 2.13. The van der Waals surface area contributed by atoms with E-state index in [1.54, 1.807) is 22.7 Å². The highest BCUT2D eigenvalue weighted by atomic mass is 79.9. The molecule has 0 fully saturated rings. The topological polar surface area (TPSA) is 26.0 Å². The first kappa shape index (κ1) is 9.40. The molecule has 0 aliphatic carbocycles. The summed E-state index contributed by atoms with van der Waals surface area (Å²) in [7, 11) is 0. The second-order valence-corrected chi connectivity index (χ2v) is 5.41. The van der Waals surface area contributed by atoms with E-state index in [1.165, 1.54) is 9.75 Å². The van der Waals surface area contributed by atoms with Crippen LogP contribution in [0, 0.1) is 0 Å². The zero-order chi connectivity index (χ0) is 9.26. The Bertz CT molecular complexity index is 380. The third-order valence-corrected chi connectivity index (χ3v) is 4.69. The molecule has 0 amide bonds. The highest BCUT2D eigenvalue weighted by molar-refractivity contribution is 9.10.